The minimum absolute atomic E-state index is 0.129. The molecule has 6 heteroatoms. The van der Waals surface area contributed by atoms with Crippen molar-refractivity contribution in [2.75, 3.05) is 0 Å². The molecule has 6 nitrogen and oxygen atoms in total. The third-order valence-corrected chi connectivity index (χ3v) is 3.74. The molecule has 2 N–H and O–H groups in total. The Hall–Kier alpha value is -3.28. The molecular formula is C19H18N2O4. The molecule has 0 aliphatic rings. The number of carbonyl (C=O) groups is 2. The molecule has 3 rings (SSSR count). The Morgan fingerprint density at radius 1 is 1.04 bits per heavy atom. The third kappa shape index (κ3) is 4.17. The van der Waals surface area contributed by atoms with Gasteiger partial charge >= 0.3 is 11.8 Å². The van der Waals surface area contributed by atoms with Crippen molar-refractivity contribution >= 4 is 11.8 Å². The van der Waals surface area contributed by atoms with Crippen LogP contribution >= 0.6 is 0 Å². The lowest BCUT2D eigenvalue weighted by Gasteiger charge is -2.13. The van der Waals surface area contributed by atoms with Gasteiger partial charge in [0, 0.05) is 0 Å². The number of rotatable bonds is 5. The predicted molar refractivity (Wildman–Crippen MR) is 91.3 cm³/mol. The van der Waals surface area contributed by atoms with Gasteiger partial charge in [0.25, 0.3) is 0 Å². The summed E-state index contributed by atoms with van der Waals surface area (Å²) in [5.74, 6) is -0.199. The van der Waals surface area contributed by atoms with E-state index in [2.05, 4.69) is 10.6 Å². The largest absolute Gasteiger partial charge is 0.472 e. The standard InChI is InChI=1S/C19H18N2O4/c1-13(14-5-3-2-4-6-14)21-19(23)18(22)20-11-16-7-8-17(25-16)15-9-10-24-12-15/h2-10,12-13H,11H2,1H3,(H,20,22)(H,21,23). The predicted octanol–water partition coefficient (Wildman–Crippen LogP) is 3.03. The molecule has 2 amide bonds. The molecule has 1 unspecified atom stereocenters. The number of furan rings is 2. The maximum absolute atomic E-state index is 12.0. The van der Waals surface area contributed by atoms with Crippen LogP contribution in [0.3, 0.4) is 0 Å². The Kier molecular flexibility index (Phi) is 4.99. The van der Waals surface area contributed by atoms with E-state index >= 15 is 0 Å². The molecule has 1 aromatic carbocycles. The number of hydrogen-bond acceptors (Lipinski definition) is 4. The van der Waals surface area contributed by atoms with Gasteiger partial charge in [0.15, 0.2) is 0 Å². The molecule has 3 aromatic rings. The van der Waals surface area contributed by atoms with Gasteiger partial charge in [0.1, 0.15) is 17.8 Å². The number of hydrogen-bond donors (Lipinski definition) is 2. The van der Waals surface area contributed by atoms with Gasteiger partial charge in [0.05, 0.1) is 24.4 Å². The minimum atomic E-state index is -0.705. The van der Waals surface area contributed by atoms with Gasteiger partial charge in [-0.3, -0.25) is 9.59 Å². The quantitative estimate of drug-likeness (QED) is 0.700. The van der Waals surface area contributed by atoms with E-state index in [1.807, 2.05) is 37.3 Å². The summed E-state index contributed by atoms with van der Waals surface area (Å²) >= 11 is 0. The number of benzene rings is 1. The van der Waals surface area contributed by atoms with Crippen LogP contribution in [0.4, 0.5) is 0 Å². The second-order valence-electron chi connectivity index (χ2n) is 5.57. The summed E-state index contributed by atoms with van der Waals surface area (Å²) < 4.78 is 10.6. The molecule has 0 spiro atoms. The fourth-order valence-corrected chi connectivity index (χ4v) is 2.37. The Bertz CT molecular complexity index is 837. The second-order valence-corrected chi connectivity index (χ2v) is 5.57. The van der Waals surface area contributed by atoms with Crippen LogP contribution in [0.2, 0.25) is 0 Å². The zero-order chi connectivity index (χ0) is 17.6. The Morgan fingerprint density at radius 3 is 2.56 bits per heavy atom. The molecule has 0 bridgehead atoms. The summed E-state index contributed by atoms with van der Waals surface area (Å²) in [5.41, 5.74) is 1.74. The summed E-state index contributed by atoms with van der Waals surface area (Å²) in [5, 5.41) is 5.21. The maximum Gasteiger partial charge on any atom is 0.309 e. The van der Waals surface area contributed by atoms with Crippen molar-refractivity contribution in [3.8, 4) is 11.3 Å². The highest BCUT2D eigenvalue weighted by Gasteiger charge is 2.17. The van der Waals surface area contributed by atoms with Gasteiger partial charge < -0.3 is 19.5 Å². The molecule has 128 valence electrons. The van der Waals surface area contributed by atoms with E-state index in [1.54, 1.807) is 30.7 Å². The first-order chi connectivity index (χ1) is 12.1. The molecular weight excluding hydrogens is 320 g/mol. The number of carbonyl (C=O) groups excluding carboxylic acids is 2. The van der Waals surface area contributed by atoms with Gasteiger partial charge in [-0.25, -0.2) is 0 Å². The van der Waals surface area contributed by atoms with Gasteiger partial charge in [-0.15, -0.1) is 0 Å². The van der Waals surface area contributed by atoms with Crippen molar-refractivity contribution in [3.63, 3.8) is 0 Å². The Labute approximate surface area is 144 Å². The fraction of sp³-hybridized carbons (Fsp3) is 0.158. The summed E-state index contributed by atoms with van der Waals surface area (Å²) in [4.78, 5) is 23.9. The normalized spacial score (nSPS) is 11.7. The van der Waals surface area contributed by atoms with Crippen LogP contribution in [0.1, 0.15) is 24.3 Å². The van der Waals surface area contributed by atoms with Gasteiger partial charge in [0.2, 0.25) is 0 Å². The second kappa shape index (κ2) is 7.53. The number of amides is 2. The summed E-state index contributed by atoms with van der Waals surface area (Å²) in [7, 11) is 0. The zero-order valence-electron chi connectivity index (χ0n) is 13.7. The molecule has 0 saturated carbocycles. The summed E-state index contributed by atoms with van der Waals surface area (Å²) in [6.45, 7) is 1.95. The van der Waals surface area contributed by atoms with E-state index < -0.39 is 11.8 Å². The van der Waals surface area contributed by atoms with Crippen LogP contribution in [-0.4, -0.2) is 11.8 Å². The average molecular weight is 338 g/mol. The van der Waals surface area contributed by atoms with Crippen LogP contribution in [-0.2, 0) is 16.1 Å². The Morgan fingerprint density at radius 2 is 1.84 bits per heavy atom. The lowest BCUT2D eigenvalue weighted by molar-refractivity contribution is -0.139. The average Bonchev–Trinajstić information content (AvgIpc) is 3.31. The summed E-state index contributed by atoms with van der Waals surface area (Å²) in [6, 6.07) is 14.5. The lowest BCUT2D eigenvalue weighted by Crippen LogP contribution is -2.40. The highest BCUT2D eigenvalue weighted by atomic mass is 16.3. The molecule has 2 aromatic heterocycles. The Balaban J connectivity index is 1.51. The van der Waals surface area contributed by atoms with Crippen molar-refractivity contribution in [1.82, 2.24) is 10.6 Å². The van der Waals surface area contributed by atoms with Crippen molar-refractivity contribution in [3.05, 3.63) is 72.4 Å². The van der Waals surface area contributed by atoms with E-state index in [1.165, 1.54) is 0 Å². The summed E-state index contributed by atoms with van der Waals surface area (Å²) in [6.07, 6.45) is 3.12. The van der Waals surface area contributed by atoms with Crippen LogP contribution in [0, 0.1) is 0 Å². The molecule has 0 fully saturated rings. The van der Waals surface area contributed by atoms with Crippen LogP contribution in [0.15, 0.2) is 69.9 Å². The molecule has 0 aliphatic carbocycles. The molecule has 0 aliphatic heterocycles. The first kappa shape index (κ1) is 16.6. The van der Waals surface area contributed by atoms with Crippen LogP contribution in [0.25, 0.3) is 11.3 Å². The lowest BCUT2D eigenvalue weighted by atomic mass is 10.1. The fourth-order valence-electron chi connectivity index (χ4n) is 2.37. The van der Waals surface area contributed by atoms with Crippen molar-refractivity contribution in [2.24, 2.45) is 0 Å². The third-order valence-electron chi connectivity index (χ3n) is 3.74. The first-order valence-electron chi connectivity index (χ1n) is 7.88. The molecule has 1 atom stereocenters. The van der Waals surface area contributed by atoms with Crippen LogP contribution < -0.4 is 10.6 Å². The molecule has 0 saturated heterocycles. The van der Waals surface area contributed by atoms with Crippen molar-refractivity contribution in [2.45, 2.75) is 19.5 Å². The number of nitrogens with one attached hydrogen (secondary N) is 2. The van der Waals surface area contributed by atoms with Crippen molar-refractivity contribution in [1.29, 1.82) is 0 Å². The van der Waals surface area contributed by atoms with Gasteiger partial charge in [-0.2, -0.15) is 0 Å². The molecule has 0 radical (unpaired) electrons. The van der Waals surface area contributed by atoms with E-state index in [4.69, 9.17) is 8.83 Å². The SMILES string of the molecule is CC(NC(=O)C(=O)NCc1ccc(-c2ccoc2)o1)c1ccccc1. The molecule has 25 heavy (non-hydrogen) atoms. The van der Waals surface area contributed by atoms with E-state index in [0.29, 0.717) is 11.5 Å². The minimum Gasteiger partial charge on any atom is -0.472 e. The van der Waals surface area contributed by atoms with E-state index in [9.17, 15) is 9.59 Å². The first-order valence-corrected chi connectivity index (χ1v) is 7.88. The van der Waals surface area contributed by atoms with E-state index in [0.717, 1.165) is 11.1 Å². The van der Waals surface area contributed by atoms with Crippen LogP contribution in [0.5, 0.6) is 0 Å². The molecule has 2 heterocycles. The maximum atomic E-state index is 12.0. The van der Waals surface area contributed by atoms with Gasteiger partial charge in [-0.05, 0) is 30.7 Å². The van der Waals surface area contributed by atoms with Crippen molar-refractivity contribution < 1.29 is 18.4 Å². The van der Waals surface area contributed by atoms with E-state index in [-0.39, 0.29) is 12.6 Å². The topological polar surface area (TPSA) is 84.5 Å². The smallest absolute Gasteiger partial charge is 0.309 e. The van der Waals surface area contributed by atoms with Gasteiger partial charge in [-0.1, -0.05) is 30.3 Å². The highest BCUT2D eigenvalue weighted by Crippen LogP contribution is 2.22. The monoisotopic (exact) mass is 338 g/mol. The zero-order valence-corrected chi connectivity index (χ0v) is 13.7. The highest BCUT2D eigenvalue weighted by molar-refractivity contribution is 6.35.